The third kappa shape index (κ3) is 5.57. The second kappa shape index (κ2) is 8.33. The average molecular weight is 379 g/mol. The highest BCUT2D eigenvalue weighted by Gasteiger charge is 2.10. The molecule has 2 rings (SSSR count). The van der Waals surface area contributed by atoms with Gasteiger partial charge in [0.1, 0.15) is 0 Å². The number of nitrogens with one attached hydrogen (secondary N) is 1. The molecule has 2 aromatic rings. The third-order valence-corrected chi connectivity index (χ3v) is 4.94. The maximum atomic E-state index is 12.1. The smallest absolute Gasteiger partial charge is 0.317 e. The van der Waals surface area contributed by atoms with Crippen LogP contribution in [0.2, 0.25) is 0 Å². The summed E-state index contributed by atoms with van der Waals surface area (Å²) < 4.78 is 24.4. The number of benzene rings is 1. The van der Waals surface area contributed by atoms with Crippen molar-refractivity contribution in [2.75, 3.05) is 13.6 Å². The molecule has 1 heterocycles. The molecule has 1 aromatic heterocycles. The Hall–Kier alpha value is -2.39. The average Bonchev–Trinajstić information content (AvgIpc) is 2.89. The summed E-state index contributed by atoms with van der Waals surface area (Å²) in [6, 6.07) is 7.95. The number of nitrogens with zero attached hydrogens (tertiary/aromatic N) is 3. The number of aryl methyl sites for hydroxylation is 3. The van der Waals surface area contributed by atoms with Crippen LogP contribution < -0.4 is 10.5 Å². The molecule has 1 aromatic carbocycles. The lowest BCUT2D eigenvalue weighted by atomic mass is 10.2. The Kier molecular flexibility index (Phi) is 6.38. The van der Waals surface area contributed by atoms with E-state index in [1.165, 1.54) is 12.1 Å². The summed E-state index contributed by atoms with van der Waals surface area (Å²) in [4.78, 5) is 13.8. The van der Waals surface area contributed by atoms with Crippen LogP contribution in [-0.4, -0.2) is 42.7 Å². The molecular formula is C17H25N5O3S. The van der Waals surface area contributed by atoms with Crippen molar-refractivity contribution in [3.05, 3.63) is 47.3 Å². The monoisotopic (exact) mass is 379 g/mol. The molecule has 0 aliphatic heterocycles. The van der Waals surface area contributed by atoms with Crippen molar-refractivity contribution < 1.29 is 13.2 Å². The summed E-state index contributed by atoms with van der Waals surface area (Å²) in [7, 11) is -1.97. The van der Waals surface area contributed by atoms with Crippen molar-refractivity contribution >= 4 is 16.1 Å². The summed E-state index contributed by atoms with van der Waals surface area (Å²) >= 11 is 0. The van der Waals surface area contributed by atoms with E-state index in [1.54, 1.807) is 24.1 Å². The summed E-state index contributed by atoms with van der Waals surface area (Å²) in [5, 5.41) is 12.3. The van der Waals surface area contributed by atoms with Gasteiger partial charge < -0.3 is 10.2 Å². The molecule has 0 aliphatic carbocycles. The Morgan fingerprint density at radius 2 is 1.92 bits per heavy atom. The molecule has 3 N–H and O–H groups in total. The Morgan fingerprint density at radius 3 is 2.46 bits per heavy atom. The fraction of sp³-hybridized carbons (Fsp3) is 0.412. The van der Waals surface area contributed by atoms with Crippen molar-refractivity contribution in [2.45, 2.75) is 38.3 Å². The summed E-state index contributed by atoms with van der Waals surface area (Å²) in [6.07, 6.45) is 0.801. The molecule has 2 amide bonds. The van der Waals surface area contributed by atoms with Crippen LogP contribution in [0.3, 0.4) is 0 Å². The molecule has 0 aliphatic rings. The van der Waals surface area contributed by atoms with Gasteiger partial charge in [-0.1, -0.05) is 12.1 Å². The first-order valence-corrected chi connectivity index (χ1v) is 9.83. The van der Waals surface area contributed by atoms with E-state index in [0.717, 1.165) is 29.9 Å². The van der Waals surface area contributed by atoms with Crippen LogP contribution in [0.15, 0.2) is 35.2 Å². The molecule has 0 radical (unpaired) electrons. The number of carbonyl (C=O) groups is 1. The highest BCUT2D eigenvalue weighted by atomic mass is 32.2. The Morgan fingerprint density at radius 1 is 1.27 bits per heavy atom. The van der Waals surface area contributed by atoms with E-state index < -0.39 is 10.0 Å². The SMILES string of the molecule is Cc1cc(C)n(CCCN(C)C(=O)NCc2ccc(S(N)(=O)=O)cc2)n1. The van der Waals surface area contributed by atoms with E-state index >= 15 is 0 Å². The molecule has 0 atom stereocenters. The second-order valence-electron chi connectivity index (χ2n) is 6.27. The zero-order valence-corrected chi connectivity index (χ0v) is 16.1. The Bertz CT molecular complexity index is 859. The molecule has 9 heteroatoms. The van der Waals surface area contributed by atoms with Crippen LogP contribution in [0.25, 0.3) is 0 Å². The third-order valence-electron chi connectivity index (χ3n) is 4.01. The maximum Gasteiger partial charge on any atom is 0.317 e. The van der Waals surface area contributed by atoms with E-state index in [2.05, 4.69) is 10.4 Å². The van der Waals surface area contributed by atoms with Gasteiger partial charge in [-0.25, -0.2) is 18.4 Å². The number of aromatic nitrogens is 2. The zero-order valence-electron chi connectivity index (χ0n) is 15.3. The second-order valence-corrected chi connectivity index (χ2v) is 7.83. The molecule has 0 saturated heterocycles. The summed E-state index contributed by atoms with van der Waals surface area (Å²) in [6.45, 7) is 5.64. The van der Waals surface area contributed by atoms with E-state index in [0.29, 0.717) is 13.1 Å². The van der Waals surface area contributed by atoms with Gasteiger partial charge in [-0.3, -0.25) is 4.68 Å². The highest BCUT2D eigenvalue weighted by Crippen LogP contribution is 2.08. The van der Waals surface area contributed by atoms with E-state index in [-0.39, 0.29) is 10.9 Å². The van der Waals surface area contributed by atoms with Gasteiger partial charge in [0.15, 0.2) is 0 Å². The maximum absolute atomic E-state index is 12.1. The lowest BCUT2D eigenvalue weighted by Crippen LogP contribution is -2.37. The lowest BCUT2D eigenvalue weighted by Gasteiger charge is -2.18. The molecule has 0 bridgehead atoms. The first-order valence-electron chi connectivity index (χ1n) is 8.28. The zero-order chi connectivity index (χ0) is 19.3. The topological polar surface area (TPSA) is 110 Å². The Labute approximate surface area is 154 Å². The lowest BCUT2D eigenvalue weighted by molar-refractivity contribution is 0.207. The van der Waals surface area contributed by atoms with Crippen molar-refractivity contribution in [1.82, 2.24) is 20.0 Å². The number of urea groups is 1. The van der Waals surface area contributed by atoms with Crippen LogP contribution >= 0.6 is 0 Å². The van der Waals surface area contributed by atoms with E-state index in [1.807, 2.05) is 24.6 Å². The number of carbonyl (C=O) groups excluding carboxylic acids is 1. The first kappa shape index (κ1) is 19.9. The minimum absolute atomic E-state index is 0.0499. The van der Waals surface area contributed by atoms with Crippen molar-refractivity contribution in [2.24, 2.45) is 5.14 Å². The Balaban J connectivity index is 1.77. The predicted octanol–water partition coefficient (Wildman–Crippen LogP) is 1.38. The van der Waals surface area contributed by atoms with Crippen molar-refractivity contribution in [3.63, 3.8) is 0 Å². The first-order chi connectivity index (χ1) is 12.2. The van der Waals surface area contributed by atoms with Gasteiger partial charge in [0.25, 0.3) is 0 Å². The molecule has 0 fully saturated rings. The molecular weight excluding hydrogens is 354 g/mol. The molecule has 0 saturated carbocycles. The van der Waals surface area contributed by atoms with Crippen LogP contribution in [-0.2, 0) is 23.1 Å². The summed E-state index contributed by atoms with van der Waals surface area (Å²) in [5.41, 5.74) is 2.89. The number of hydrogen-bond donors (Lipinski definition) is 2. The predicted molar refractivity (Wildman–Crippen MR) is 99.0 cm³/mol. The number of hydrogen-bond acceptors (Lipinski definition) is 4. The van der Waals surface area contributed by atoms with E-state index in [4.69, 9.17) is 5.14 Å². The van der Waals surface area contributed by atoms with Crippen molar-refractivity contribution in [1.29, 1.82) is 0 Å². The van der Waals surface area contributed by atoms with Gasteiger partial charge in [0.2, 0.25) is 10.0 Å². The molecule has 0 unspecified atom stereocenters. The minimum atomic E-state index is -3.70. The van der Waals surface area contributed by atoms with Crippen LogP contribution in [0.4, 0.5) is 4.79 Å². The molecule has 142 valence electrons. The number of primary sulfonamides is 1. The fourth-order valence-electron chi connectivity index (χ4n) is 2.57. The number of rotatable bonds is 7. The largest absolute Gasteiger partial charge is 0.334 e. The standard InChI is InChI=1S/C17H25N5O3S/c1-13-11-14(2)22(20-13)10-4-9-21(3)17(23)19-12-15-5-7-16(8-6-15)26(18,24)25/h5-8,11H,4,9-10,12H2,1-3H3,(H,19,23)(H2,18,24,25). The van der Waals surface area contributed by atoms with Crippen LogP contribution in [0.1, 0.15) is 23.4 Å². The fourth-order valence-corrected chi connectivity index (χ4v) is 3.09. The summed E-state index contributed by atoms with van der Waals surface area (Å²) in [5.74, 6) is 0. The van der Waals surface area contributed by atoms with Crippen molar-refractivity contribution in [3.8, 4) is 0 Å². The minimum Gasteiger partial charge on any atom is -0.334 e. The van der Waals surface area contributed by atoms with Gasteiger partial charge >= 0.3 is 6.03 Å². The molecule has 8 nitrogen and oxygen atoms in total. The molecule has 26 heavy (non-hydrogen) atoms. The van der Waals surface area contributed by atoms with Gasteiger partial charge in [0.05, 0.1) is 10.6 Å². The molecule has 0 spiro atoms. The van der Waals surface area contributed by atoms with Crippen LogP contribution in [0, 0.1) is 13.8 Å². The van der Waals surface area contributed by atoms with Gasteiger partial charge in [0, 0.05) is 32.4 Å². The van der Waals surface area contributed by atoms with E-state index in [9.17, 15) is 13.2 Å². The highest BCUT2D eigenvalue weighted by molar-refractivity contribution is 7.89. The van der Waals surface area contributed by atoms with Gasteiger partial charge in [-0.2, -0.15) is 5.10 Å². The quantitative estimate of drug-likeness (QED) is 0.757. The number of nitrogens with two attached hydrogens (primary N) is 1. The number of amides is 2. The van der Waals surface area contributed by atoms with Gasteiger partial charge in [-0.05, 0) is 44.0 Å². The van der Waals surface area contributed by atoms with Gasteiger partial charge in [-0.15, -0.1) is 0 Å². The van der Waals surface area contributed by atoms with Crippen LogP contribution in [0.5, 0.6) is 0 Å². The normalized spacial score (nSPS) is 11.4. The number of sulfonamides is 1.